The number of halogens is 4. The Balaban J connectivity index is 0.000000406. The first kappa shape index (κ1) is 24.9. The van der Waals surface area contributed by atoms with Gasteiger partial charge in [-0.1, -0.05) is 12.1 Å². The fourth-order valence-corrected chi connectivity index (χ4v) is 3.82. The first-order chi connectivity index (χ1) is 16.0. The third kappa shape index (κ3) is 6.42. The summed E-state index contributed by atoms with van der Waals surface area (Å²) in [6.45, 7) is 1.62. The summed E-state index contributed by atoms with van der Waals surface area (Å²) >= 11 is 0. The number of nitrogens with one attached hydrogen (secondary N) is 2. The Morgan fingerprint density at radius 2 is 1.94 bits per heavy atom. The Morgan fingerprint density at radius 3 is 2.56 bits per heavy atom. The third-order valence-corrected chi connectivity index (χ3v) is 5.69. The molecule has 3 N–H and O–H groups in total. The van der Waals surface area contributed by atoms with E-state index in [-0.39, 0.29) is 23.3 Å². The molecule has 2 fully saturated rings. The number of pyridine rings is 1. The summed E-state index contributed by atoms with van der Waals surface area (Å²) in [6.07, 6.45) is -0.0373. The van der Waals surface area contributed by atoms with Crippen molar-refractivity contribution in [1.29, 1.82) is 0 Å². The molecule has 1 aromatic carbocycles. The summed E-state index contributed by atoms with van der Waals surface area (Å²) in [5, 5.41) is 12.8. The molecule has 1 saturated heterocycles. The van der Waals surface area contributed by atoms with E-state index in [1.54, 1.807) is 29.4 Å². The van der Waals surface area contributed by atoms with Gasteiger partial charge in [0.25, 0.3) is 0 Å². The Hall–Kier alpha value is -3.70. The lowest BCUT2D eigenvalue weighted by atomic mass is 10.0. The number of amides is 3. The average Bonchev–Trinajstić information content (AvgIpc) is 3.31. The van der Waals surface area contributed by atoms with Crippen molar-refractivity contribution in [3.05, 3.63) is 60.2 Å². The molecule has 1 spiro atoms. The number of carbonyl (C=O) groups is 3. The van der Waals surface area contributed by atoms with E-state index in [4.69, 9.17) is 9.90 Å². The molecule has 0 bridgehead atoms. The molecular formula is C22H22F4N4O4. The zero-order valence-electron chi connectivity index (χ0n) is 17.8. The largest absolute Gasteiger partial charge is 0.490 e. The Labute approximate surface area is 192 Å². The van der Waals surface area contributed by atoms with Crippen LogP contribution in [0, 0.1) is 17.2 Å². The average molecular weight is 482 g/mol. The number of likely N-dealkylation sites (tertiary alicyclic amines) is 1. The number of rotatable bonds is 4. The van der Waals surface area contributed by atoms with Crippen LogP contribution in [0.2, 0.25) is 0 Å². The highest BCUT2D eigenvalue weighted by Crippen LogP contribution is 2.58. The summed E-state index contributed by atoms with van der Waals surface area (Å²) in [7, 11) is 0. The summed E-state index contributed by atoms with van der Waals surface area (Å²) in [4.78, 5) is 39.5. The number of carboxylic acid groups (broad SMARTS) is 1. The van der Waals surface area contributed by atoms with Crippen LogP contribution in [-0.2, 0) is 16.1 Å². The van der Waals surface area contributed by atoms with Crippen molar-refractivity contribution in [2.75, 3.05) is 18.4 Å². The quantitative estimate of drug-likeness (QED) is 0.579. The highest BCUT2D eigenvalue weighted by molar-refractivity contribution is 5.90. The number of carboxylic acids is 1. The van der Waals surface area contributed by atoms with E-state index in [2.05, 4.69) is 15.6 Å². The predicted octanol–water partition coefficient (Wildman–Crippen LogP) is 3.41. The maximum absolute atomic E-state index is 13.2. The van der Waals surface area contributed by atoms with Crippen LogP contribution in [0.3, 0.4) is 0 Å². The van der Waals surface area contributed by atoms with Crippen molar-refractivity contribution in [1.82, 2.24) is 15.2 Å². The topological polar surface area (TPSA) is 112 Å². The smallest absolute Gasteiger partial charge is 0.475 e. The van der Waals surface area contributed by atoms with Gasteiger partial charge in [-0.2, -0.15) is 13.2 Å². The number of benzene rings is 1. The zero-order chi connectivity index (χ0) is 24.9. The second-order valence-corrected chi connectivity index (χ2v) is 8.11. The minimum absolute atomic E-state index is 0.0336. The molecular weight excluding hydrogens is 460 g/mol. The third-order valence-electron chi connectivity index (χ3n) is 5.69. The summed E-state index contributed by atoms with van der Waals surface area (Å²) in [5.74, 6) is -3.17. The van der Waals surface area contributed by atoms with Crippen molar-refractivity contribution < 1.29 is 37.1 Å². The van der Waals surface area contributed by atoms with Gasteiger partial charge in [0.15, 0.2) is 0 Å². The van der Waals surface area contributed by atoms with Gasteiger partial charge in [-0.05, 0) is 42.7 Å². The van der Waals surface area contributed by atoms with Gasteiger partial charge in [-0.3, -0.25) is 9.78 Å². The number of anilines is 1. The lowest BCUT2D eigenvalue weighted by Crippen LogP contribution is -2.34. The summed E-state index contributed by atoms with van der Waals surface area (Å²) < 4.78 is 45.0. The highest BCUT2D eigenvalue weighted by Gasteiger charge is 2.61. The van der Waals surface area contributed by atoms with E-state index in [1.165, 1.54) is 12.1 Å². The number of aromatic nitrogens is 1. The van der Waals surface area contributed by atoms with E-state index in [0.717, 1.165) is 18.4 Å². The van der Waals surface area contributed by atoms with E-state index >= 15 is 0 Å². The van der Waals surface area contributed by atoms with Crippen LogP contribution in [0.4, 0.5) is 28.0 Å². The van der Waals surface area contributed by atoms with Crippen molar-refractivity contribution in [2.24, 2.45) is 11.3 Å². The molecule has 182 valence electrons. The van der Waals surface area contributed by atoms with Crippen LogP contribution in [0.5, 0.6) is 0 Å². The molecule has 12 heteroatoms. The monoisotopic (exact) mass is 482 g/mol. The fourth-order valence-electron chi connectivity index (χ4n) is 3.82. The number of carbonyl (C=O) groups excluding carboxylic acids is 2. The molecule has 4 rings (SSSR count). The van der Waals surface area contributed by atoms with Crippen LogP contribution in [0.15, 0.2) is 48.8 Å². The van der Waals surface area contributed by atoms with Crippen molar-refractivity contribution >= 4 is 23.6 Å². The normalized spacial score (nSPS) is 20.8. The maximum atomic E-state index is 13.2. The fraction of sp³-hybridized carbons (Fsp3) is 0.364. The first-order valence-corrected chi connectivity index (χ1v) is 10.3. The van der Waals surface area contributed by atoms with Gasteiger partial charge in [-0.25, -0.2) is 14.0 Å². The van der Waals surface area contributed by atoms with Gasteiger partial charge < -0.3 is 20.6 Å². The molecule has 2 aliphatic rings. The Kier molecular flexibility index (Phi) is 7.38. The first-order valence-electron chi connectivity index (χ1n) is 10.3. The Bertz CT molecular complexity index is 1050. The predicted molar refractivity (Wildman–Crippen MR) is 112 cm³/mol. The van der Waals surface area contributed by atoms with Gasteiger partial charge >= 0.3 is 18.2 Å². The van der Waals surface area contributed by atoms with Crippen molar-refractivity contribution in [2.45, 2.75) is 25.6 Å². The molecule has 1 aliphatic heterocycles. The number of nitrogens with zero attached hydrogens (tertiary/aromatic N) is 2. The van der Waals surface area contributed by atoms with E-state index < -0.39 is 18.0 Å². The SMILES string of the molecule is O=C(NCc1cccnc1)C1CC12CCN(C(=O)Nc1cccc(F)c1)C2.O=C(O)C(F)(F)F. The van der Waals surface area contributed by atoms with Crippen LogP contribution < -0.4 is 10.6 Å². The Morgan fingerprint density at radius 1 is 1.21 bits per heavy atom. The van der Waals surface area contributed by atoms with Gasteiger partial charge in [-0.15, -0.1) is 0 Å². The minimum atomic E-state index is -5.08. The summed E-state index contributed by atoms with van der Waals surface area (Å²) in [6, 6.07) is 9.34. The maximum Gasteiger partial charge on any atom is 0.490 e. The van der Waals surface area contributed by atoms with Crippen LogP contribution in [0.25, 0.3) is 0 Å². The molecule has 34 heavy (non-hydrogen) atoms. The summed E-state index contributed by atoms with van der Waals surface area (Å²) in [5.41, 5.74) is 1.28. The highest BCUT2D eigenvalue weighted by atomic mass is 19.4. The molecule has 0 radical (unpaired) electrons. The van der Waals surface area contributed by atoms with Gasteiger partial charge in [0.05, 0.1) is 0 Å². The zero-order valence-corrected chi connectivity index (χ0v) is 17.8. The van der Waals surface area contributed by atoms with Crippen LogP contribution >= 0.6 is 0 Å². The number of hydrogen-bond donors (Lipinski definition) is 3. The lowest BCUT2D eigenvalue weighted by molar-refractivity contribution is -0.192. The molecule has 2 heterocycles. The van der Waals surface area contributed by atoms with Crippen molar-refractivity contribution in [3.8, 4) is 0 Å². The van der Waals surface area contributed by atoms with Crippen molar-refractivity contribution in [3.63, 3.8) is 0 Å². The number of aliphatic carboxylic acids is 1. The number of alkyl halides is 3. The van der Waals surface area contributed by atoms with Crippen LogP contribution in [0.1, 0.15) is 18.4 Å². The van der Waals surface area contributed by atoms with E-state index in [1.807, 2.05) is 12.1 Å². The van der Waals surface area contributed by atoms with Crippen LogP contribution in [-0.4, -0.2) is 52.2 Å². The molecule has 2 aromatic rings. The molecule has 1 aliphatic carbocycles. The second-order valence-electron chi connectivity index (χ2n) is 8.11. The molecule has 1 aromatic heterocycles. The van der Waals surface area contributed by atoms with Gasteiger partial charge in [0.2, 0.25) is 5.91 Å². The van der Waals surface area contributed by atoms with Gasteiger partial charge in [0, 0.05) is 49.0 Å². The molecule has 8 nitrogen and oxygen atoms in total. The lowest BCUT2D eigenvalue weighted by Gasteiger charge is -2.17. The minimum Gasteiger partial charge on any atom is -0.475 e. The standard InChI is InChI=1S/C20H21FN4O2.C2HF3O2/c21-15-4-1-5-16(9-15)24-19(27)25-8-6-20(13-25)10-17(20)18(26)23-12-14-3-2-7-22-11-14;3-2(4,5)1(6)7/h1-5,7,9,11,17H,6,8,10,12-13H2,(H,23,26)(H,24,27);(H,6,7). The second kappa shape index (κ2) is 10.1. The molecule has 2 unspecified atom stereocenters. The van der Waals surface area contributed by atoms with E-state index in [9.17, 15) is 27.2 Å². The molecule has 2 atom stereocenters. The van der Waals surface area contributed by atoms with Gasteiger partial charge in [0.1, 0.15) is 5.82 Å². The number of urea groups is 1. The number of hydrogen-bond acceptors (Lipinski definition) is 4. The van der Waals surface area contributed by atoms with E-state index in [0.29, 0.717) is 25.3 Å². The molecule has 1 saturated carbocycles. The molecule has 3 amide bonds.